The maximum Gasteiger partial charge on any atom is 0.338 e. The van der Waals surface area contributed by atoms with Crippen LogP contribution in [0.25, 0.3) is 0 Å². The highest BCUT2D eigenvalue weighted by atomic mass is 16.5. The van der Waals surface area contributed by atoms with Gasteiger partial charge < -0.3 is 9.47 Å². The van der Waals surface area contributed by atoms with Crippen molar-refractivity contribution >= 4 is 5.97 Å². The van der Waals surface area contributed by atoms with Crippen molar-refractivity contribution in [2.45, 2.75) is 19.4 Å². The lowest BCUT2D eigenvalue weighted by molar-refractivity contribution is 0.0301. The highest BCUT2D eigenvalue weighted by molar-refractivity contribution is 5.92. The molecule has 0 radical (unpaired) electrons. The predicted octanol–water partition coefficient (Wildman–Crippen LogP) is 1.80. The van der Waals surface area contributed by atoms with Crippen molar-refractivity contribution in [3.8, 4) is 5.75 Å². The molecule has 0 aromatic heterocycles. The molecular formula is C11H12O3. The van der Waals surface area contributed by atoms with Gasteiger partial charge in [0, 0.05) is 6.42 Å². The lowest BCUT2D eigenvalue weighted by Crippen LogP contribution is -2.24. The van der Waals surface area contributed by atoms with Crippen molar-refractivity contribution in [1.82, 2.24) is 0 Å². The predicted molar refractivity (Wildman–Crippen MR) is 51.6 cm³/mol. The van der Waals surface area contributed by atoms with E-state index in [9.17, 15) is 4.79 Å². The second kappa shape index (κ2) is 3.33. The smallest absolute Gasteiger partial charge is 0.338 e. The van der Waals surface area contributed by atoms with Gasteiger partial charge in [-0.05, 0) is 30.7 Å². The average molecular weight is 192 g/mol. The fourth-order valence-electron chi connectivity index (χ4n) is 1.66. The number of cyclic esters (lactones) is 1. The Kier molecular flexibility index (Phi) is 2.15. The molecule has 0 saturated carbocycles. The van der Waals surface area contributed by atoms with Crippen LogP contribution in [-0.2, 0) is 11.2 Å². The van der Waals surface area contributed by atoms with Crippen LogP contribution >= 0.6 is 0 Å². The van der Waals surface area contributed by atoms with Crippen LogP contribution in [0, 0.1) is 0 Å². The van der Waals surface area contributed by atoms with Gasteiger partial charge in [-0.25, -0.2) is 4.79 Å². The third kappa shape index (κ3) is 1.45. The first-order chi connectivity index (χ1) is 6.70. The number of rotatable bonds is 1. The number of carbonyl (C=O) groups is 1. The van der Waals surface area contributed by atoms with E-state index in [2.05, 4.69) is 0 Å². The van der Waals surface area contributed by atoms with E-state index in [0.717, 1.165) is 17.7 Å². The SMILES string of the molecule is COc1ccc2c(c1)CC(C)OC2=O. The number of hydrogen-bond donors (Lipinski definition) is 0. The second-order valence-electron chi connectivity index (χ2n) is 3.44. The van der Waals surface area contributed by atoms with Gasteiger partial charge in [-0.15, -0.1) is 0 Å². The van der Waals surface area contributed by atoms with Gasteiger partial charge in [0.05, 0.1) is 12.7 Å². The molecule has 0 N–H and O–H groups in total. The summed E-state index contributed by atoms with van der Waals surface area (Å²) in [6, 6.07) is 5.42. The zero-order chi connectivity index (χ0) is 10.1. The van der Waals surface area contributed by atoms with E-state index in [1.54, 1.807) is 19.2 Å². The molecule has 3 nitrogen and oxygen atoms in total. The first-order valence-corrected chi connectivity index (χ1v) is 4.58. The minimum Gasteiger partial charge on any atom is -0.497 e. The Hall–Kier alpha value is -1.51. The van der Waals surface area contributed by atoms with Crippen LogP contribution in [-0.4, -0.2) is 19.2 Å². The van der Waals surface area contributed by atoms with Crippen LogP contribution in [0.15, 0.2) is 18.2 Å². The van der Waals surface area contributed by atoms with Gasteiger partial charge in [0.2, 0.25) is 0 Å². The molecule has 1 atom stereocenters. The van der Waals surface area contributed by atoms with Crippen molar-refractivity contribution in [2.75, 3.05) is 7.11 Å². The maximum atomic E-state index is 11.4. The summed E-state index contributed by atoms with van der Waals surface area (Å²) in [4.78, 5) is 11.4. The zero-order valence-corrected chi connectivity index (χ0v) is 8.24. The third-order valence-electron chi connectivity index (χ3n) is 2.35. The minimum atomic E-state index is -0.235. The lowest BCUT2D eigenvalue weighted by atomic mass is 9.99. The Bertz CT molecular complexity index is 371. The van der Waals surface area contributed by atoms with Crippen molar-refractivity contribution < 1.29 is 14.3 Å². The van der Waals surface area contributed by atoms with E-state index in [1.807, 2.05) is 13.0 Å². The average Bonchev–Trinajstić information content (AvgIpc) is 2.16. The summed E-state index contributed by atoms with van der Waals surface area (Å²) in [6.07, 6.45) is 0.722. The van der Waals surface area contributed by atoms with Gasteiger partial charge in [0.25, 0.3) is 0 Å². The number of benzene rings is 1. The molecule has 1 unspecified atom stereocenters. The second-order valence-corrected chi connectivity index (χ2v) is 3.44. The molecule has 74 valence electrons. The summed E-state index contributed by atoms with van der Waals surface area (Å²) in [6.45, 7) is 1.89. The van der Waals surface area contributed by atoms with Crippen LogP contribution < -0.4 is 4.74 Å². The maximum absolute atomic E-state index is 11.4. The summed E-state index contributed by atoms with van der Waals surface area (Å²) >= 11 is 0. The standard InChI is InChI=1S/C11H12O3/c1-7-5-8-6-9(13-2)3-4-10(8)11(12)14-7/h3-4,6-7H,5H2,1-2H3. The van der Waals surface area contributed by atoms with E-state index in [1.165, 1.54) is 0 Å². The van der Waals surface area contributed by atoms with Crippen LogP contribution in [0.3, 0.4) is 0 Å². The first kappa shape index (κ1) is 9.06. The summed E-state index contributed by atoms with van der Waals surface area (Å²) in [5.41, 5.74) is 1.66. The topological polar surface area (TPSA) is 35.5 Å². The van der Waals surface area contributed by atoms with Gasteiger partial charge in [-0.2, -0.15) is 0 Å². The highest BCUT2D eigenvalue weighted by Crippen LogP contribution is 2.24. The van der Waals surface area contributed by atoms with Crippen LogP contribution in [0.4, 0.5) is 0 Å². The molecule has 0 bridgehead atoms. The van der Waals surface area contributed by atoms with Crippen molar-refractivity contribution in [2.24, 2.45) is 0 Å². The largest absolute Gasteiger partial charge is 0.497 e. The molecule has 0 aliphatic carbocycles. The van der Waals surface area contributed by atoms with Crippen molar-refractivity contribution in [1.29, 1.82) is 0 Å². The van der Waals surface area contributed by atoms with Crippen molar-refractivity contribution in [3.63, 3.8) is 0 Å². The molecule has 0 saturated heterocycles. The fraction of sp³-hybridized carbons (Fsp3) is 0.364. The van der Waals surface area contributed by atoms with E-state index >= 15 is 0 Å². The quantitative estimate of drug-likeness (QED) is 0.636. The zero-order valence-electron chi connectivity index (χ0n) is 8.24. The monoisotopic (exact) mass is 192 g/mol. The molecule has 0 spiro atoms. The summed E-state index contributed by atoms with van der Waals surface area (Å²) in [5, 5.41) is 0. The normalized spacial score (nSPS) is 19.9. The lowest BCUT2D eigenvalue weighted by Gasteiger charge is -2.21. The molecule has 1 aromatic rings. The number of hydrogen-bond acceptors (Lipinski definition) is 3. The molecule has 1 aliphatic heterocycles. The molecule has 1 aliphatic rings. The summed E-state index contributed by atoms with van der Waals surface area (Å²) < 4.78 is 10.2. The Morgan fingerprint density at radius 3 is 3.00 bits per heavy atom. The Balaban J connectivity index is 2.44. The Morgan fingerprint density at radius 2 is 2.29 bits per heavy atom. The van der Waals surface area contributed by atoms with Crippen LogP contribution in [0.1, 0.15) is 22.8 Å². The Labute approximate surface area is 82.6 Å². The van der Waals surface area contributed by atoms with Gasteiger partial charge in [-0.3, -0.25) is 0 Å². The molecule has 0 fully saturated rings. The van der Waals surface area contributed by atoms with Gasteiger partial charge >= 0.3 is 5.97 Å². The first-order valence-electron chi connectivity index (χ1n) is 4.58. The van der Waals surface area contributed by atoms with Gasteiger partial charge in [-0.1, -0.05) is 0 Å². The number of ether oxygens (including phenoxy) is 2. The van der Waals surface area contributed by atoms with E-state index in [0.29, 0.717) is 5.56 Å². The van der Waals surface area contributed by atoms with Crippen molar-refractivity contribution in [3.05, 3.63) is 29.3 Å². The van der Waals surface area contributed by atoms with Crippen LogP contribution in [0.2, 0.25) is 0 Å². The fourth-order valence-corrected chi connectivity index (χ4v) is 1.66. The van der Waals surface area contributed by atoms with E-state index in [4.69, 9.17) is 9.47 Å². The molecule has 1 aromatic carbocycles. The minimum absolute atomic E-state index is 0.0397. The third-order valence-corrected chi connectivity index (χ3v) is 2.35. The number of carbonyl (C=O) groups excluding carboxylic acids is 1. The number of fused-ring (bicyclic) bond motifs is 1. The van der Waals surface area contributed by atoms with E-state index < -0.39 is 0 Å². The van der Waals surface area contributed by atoms with E-state index in [-0.39, 0.29) is 12.1 Å². The highest BCUT2D eigenvalue weighted by Gasteiger charge is 2.23. The molecular weight excluding hydrogens is 180 g/mol. The summed E-state index contributed by atoms with van der Waals surface area (Å²) in [7, 11) is 1.62. The Morgan fingerprint density at radius 1 is 1.50 bits per heavy atom. The number of esters is 1. The van der Waals surface area contributed by atoms with Gasteiger partial charge in [0.1, 0.15) is 11.9 Å². The molecule has 14 heavy (non-hydrogen) atoms. The number of methoxy groups -OCH3 is 1. The molecule has 3 heteroatoms. The molecule has 2 rings (SSSR count). The van der Waals surface area contributed by atoms with Gasteiger partial charge in [0.15, 0.2) is 0 Å². The summed E-state index contributed by atoms with van der Waals surface area (Å²) in [5.74, 6) is 0.548. The van der Waals surface area contributed by atoms with Crippen LogP contribution in [0.5, 0.6) is 5.75 Å². The molecule has 1 heterocycles. The molecule has 0 amide bonds.